The molecule has 2 aromatic heterocycles. The first-order valence-electron chi connectivity index (χ1n) is 22.5. The number of hydrogen-bond acceptors (Lipinski definition) is 10. The normalized spacial score (nSPS) is 20.9. The van der Waals surface area contributed by atoms with Gasteiger partial charge in [0.2, 0.25) is 0 Å². The number of phenolic OH excluding ortho intramolecular Hbond substituents is 1. The molecule has 0 amide bonds. The fourth-order valence-corrected chi connectivity index (χ4v) is 11.9. The van der Waals surface area contributed by atoms with E-state index in [2.05, 4.69) is 74.6 Å². The second kappa shape index (κ2) is 16.7. The lowest BCUT2D eigenvalue weighted by molar-refractivity contribution is -0.0174. The molecule has 332 valence electrons. The van der Waals surface area contributed by atoms with Crippen molar-refractivity contribution in [3.63, 3.8) is 0 Å². The van der Waals surface area contributed by atoms with Crippen molar-refractivity contribution in [3.05, 3.63) is 146 Å². The molecule has 0 saturated carbocycles. The molecule has 4 aliphatic rings. The van der Waals surface area contributed by atoms with Crippen molar-refractivity contribution in [2.24, 2.45) is 4.99 Å². The van der Waals surface area contributed by atoms with Gasteiger partial charge in [0.15, 0.2) is 5.82 Å². The number of β-amino-alcohol motifs (C(OH)–C–C–N with tert-alkyl or cyclic N) is 1. The molecule has 64 heavy (non-hydrogen) atoms. The van der Waals surface area contributed by atoms with E-state index in [1.54, 1.807) is 24.5 Å². The summed E-state index contributed by atoms with van der Waals surface area (Å²) < 4.78 is 40.7. The molecule has 0 spiro atoms. The predicted octanol–water partition coefficient (Wildman–Crippen LogP) is 9.17. The van der Waals surface area contributed by atoms with E-state index in [1.165, 1.54) is 28.8 Å². The number of thiophene rings is 1. The number of nitrogens with zero attached hydrogens (tertiary/aromatic N) is 7. The number of methoxy groups -OCH3 is 1. The topological polar surface area (TPSA) is 102 Å². The highest BCUT2D eigenvalue weighted by Crippen LogP contribution is 2.50. The minimum absolute atomic E-state index is 0.0818. The van der Waals surface area contributed by atoms with Crippen molar-refractivity contribution in [2.75, 3.05) is 62.7 Å². The van der Waals surface area contributed by atoms with Gasteiger partial charge in [0, 0.05) is 91.1 Å². The summed E-state index contributed by atoms with van der Waals surface area (Å²) in [6.07, 6.45) is 2.78. The van der Waals surface area contributed by atoms with Crippen molar-refractivity contribution >= 4 is 28.4 Å². The van der Waals surface area contributed by atoms with E-state index >= 15 is 8.78 Å². The molecule has 10 rings (SSSR count). The van der Waals surface area contributed by atoms with E-state index in [9.17, 15) is 10.2 Å². The van der Waals surface area contributed by atoms with Gasteiger partial charge in [-0.1, -0.05) is 42.5 Å². The van der Waals surface area contributed by atoms with Crippen molar-refractivity contribution in [3.8, 4) is 16.5 Å². The third-order valence-corrected chi connectivity index (χ3v) is 15.5. The van der Waals surface area contributed by atoms with Gasteiger partial charge < -0.3 is 24.7 Å². The van der Waals surface area contributed by atoms with E-state index in [4.69, 9.17) is 9.73 Å². The monoisotopic (exact) mass is 883 g/mol. The van der Waals surface area contributed by atoms with E-state index < -0.39 is 23.3 Å². The molecule has 2 fully saturated rings. The Morgan fingerprint density at radius 3 is 2.34 bits per heavy atom. The number of benzene rings is 4. The lowest BCUT2D eigenvalue weighted by Crippen LogP contribution is -2.55. The van der Waals surface area contributed by atoms with Gasteiger partial charge in [-0.05, 0) is 106 Å². The summed E-state index contributed by atoms with van der Waals surface area (Å²) in [5.74, 6) is 1.86. The lowest BCUT2D eigenvalue weighted by Gasteiger charge is -2.44. The van der Waals surface area contributed by atoms with Gasteiger partial charge >= 0.3 is 0 Å². The van der Waals surface area contributed by atoms with E-state index in [0.29, 0.717) is 49.8 Å². The van der Waals surface area contributed by atoms with Crippen LogP contribution >= 0.6 is 11.3 Å². The number of aliphatic imine (C=N–C) groups is 1. The molecule has 1 aliphatic carbocycles. The Labute approximate surface area is 377 Å². The van der Waals surface area contributed by atoms with Crippen LogP contribution in [0.2, 0.25) is 0 Å². The number of piperidine rings is 1. The zero-order valence-electron chi connectivity index (χ0n) is 37.1. The third kappa shape index (κ3) is 7.54. The zero-order chi connectivity index (χ0) is 44.4. The van der Waals surface area contributed by atoms with Crippen LogP contribution in [0.3, 0.4) is 0 Å². The highest BCUT2D eigenvalue weighted by Gasteiger charge is 2.38. The summed E-state index contributed by atoms with van der Waals surface area (Å²) in [6, 6.07) is 25.3. The second-order valence-electron chi connectivity index (χ2n) is 18.2. The van der Waals surface area contributed by atoms with Crippen LogP contribution in [0.15, 0.2) is 83.9 Å². The number of rotatable bonds is 8. The predicted molar refractivity (Wildman–Crippen MR) is 249 cm³/mol. The number of halogens is 2. The average Bonchev–Trinajstić information content (AvgIpc) is 3.79. The molecule has 6 aromatic rings. The van der Waals surface area contributed by atoms with Crippen LogP contribution in [0.4, 0.5) is 20.2 Å². The number of fused-ring (bicyclic) bond motifs is 4. The third-order valence-electron chi connectivity index (χ3n) is 14.3. The Morgan fingerprint density at radius 2 is 1.59 bits per heavy atom. The highest BCUT2D eigenvalue weighted by atomic mass is 32.1. The number of hydrogen-bond donors (Lipinski definition) is 2. The van der Waals surface area contributed by atoms with Crippen LogP contribution in [0.1, 0.15) is 99.5 Å². The molecule has 3 aliphatic heterocycles. The number of aromatic hydroxyl groups is 1. The fourth-order valence-electron chi connectivity index (χ4n) is 10.7. The SMILES string of the molecule is COc1cc(N2CCN(CC3(O)CCN(c4cc(F)c(C5=N[C@@H](C)c6nnc(C)n6-c6sc(C)c(C)c65)cc4F)CC3)CC2)ccc1[C@@H]1c2ccc(O)cc2CC[C@@H]1c1ccccc1. The van der Waals surface area contributed by atoms with Crippen LogP contribution in [0, 0.1) is 32.4 Å². The Bertz CT molecular complexity index is 2750. The zero-order valence-corrected chi connectivity index (χ0v) is 37.9. The Hall–Kier alpha value is -5.63. The van der Waals surface area contributed by atoms with Crippen molar-refractivity contribution in [2.45, 2.75) is 76.9 Å². The van der Waals surface area contributed by atoms with Crippen LogP contribution in [-0.2, 0) is 6.42 Å². The first-order valence-corrected chi connectivity index (χ1v) is 23.3. The summed E-state index contributed by atoms with van der Waals surface area (Å²) in [5.41, 5.74) is 7.54. The summed E-state index contributed by atoms with van der Waals surface area (Å²) in [4.78, 5) is 12.6. The number of piperazine rings is 1. The highest BCUT2D eigenvalue weighted by molar-refractivity contribution is 7.15. The summed E-state index contributed by atoms with van der Waals surface area (Å²) >= 11 is 1.58. The average molecular weight is 884 g/mol. The van der Waals surface area contributed by atoms with E-state index in [1.807, 2.05) is 43.2 Å². The molecule has 5 heterocycles. The van der Waals surface area contributed by atoms with Crippen LogP contribution in [0.25, 0.3) is 5.00 Å². The molecule has 4 aromatic carbocycles. The fraction of sp³-hybridized carbons (Fsp3) is 0.392. The summed E-state index contributed by atoms with van der Waals surface area (Å²) in [7, 11) is 1.75. The van der Waals surface area contributed by atoms with Crippen LogP contribution in [0.5, 0.6) is 11.5 Å². The molecule has 0 radical (unpaired) electrons. The number of phenols is 1. The number of aliphatic hydroxyl groups is 1. The number of aryl methyl sites for hydroxylation is 3. The van der Waals surface area contributed by atoms with Crippen molar-refractivity contribution in [1.29, 1.82) is 0 Å². The van der Waals surface area contributed by atoms with Gasteiger partial charge in [0.05, 0.1) is 24.1 Å². The van der Waals surface area contributed by atoms with Gasteiger partial charge in [-0.15, -0.1) is 21.5 Å². The number of anilines is 2. The molecule has 10 nitrogen and oxygen atoms in total. The molecule has 2 N–H and O–H groups in total. The molecule has 0 bridgehead atoms. The standard InChI is InChI=1S/C51H55F2N7O3S/c1-30-32(3)64-50-46(30)48(54-31(2)49-56-55-33(4)60(49)50)41-27-43(53)44(28-42(41)52)59-19-17-51(62,18-20-59)29-57-21-23-58(24-22-57)36-12-15-40(45(26-36)63-5)47-38(34-9-7-6-8-10-34)14-11-35-25-37(61)13-16-39(35)47/h6-10,12-13,15-16,25-28,31,38,47,61-62H,11,14,17-24,29H2,1-5H3/t31-,38+,47-/m0/s1. The Balaban J connectivity index is 0.800. The first-order chi connectivity index (χ1) is 30.9. The van der Waals surface area contributed by atoms with Crippen molar-refractivity contribution < 1.29 is 23.7 Å². The first kappa shape index (κ1) is 42.3. The molecule has 13 heteroatoms. The second-order valence-corrected chi connectivity index (χ2v) is 19.4. The van der Waals surface area contributed by atoms with Gasteiger partial charge in [-0.3, -0.25) is 14.5 Å². The smallest absolute Gasteiger partial charge is 0.162 e. The number of aromatic nitrogens is 3. The van der Waals surface area contributed by atoms with Crippen molar-refractivity contribution in [1.82, 2.24) is 19.7 Å². The maximum absolute atomic E-state index is 16.3. The molecular formula is C51H55F2N7O3S. The van der Waals surface area contributed by atoms with E-state index in [0.717, 1.165) is 82.9 Å². The van der Waals surface area contributed by atoms with E-state index in [-0.39, 0.29) is 23.1 Å². The summed E-state index contributed by atoms with van der Waals surface area (Å²) in [6.45, 7) is 12.3. The van der Waals surface area contributed by atoms with Gasteiger partial charge in [0.1, 0.15) is 40.0 Å². The van der Waals surface area contributed by atoms with Gasteiger partial charge in [-0.2, -0.15) is 0 Å². The van der Waals surface area contributed by atoms with Crippen LogP contribution < -0.4 is 14.5 Å². The molecule has 0 unspecified atom stereocenters. The van der Waals surface area contributed by atoms with Crippen LogP contribution in [-0.4, -0.2) is 94.1 Å². The van der Waals surface area contributed by atoms with Gasteiger partial charge in [0.25, 0.3) is 0 Å². The maximum Gasteiger partial charge on any atom is 0.162 e. The minimum Gasteiger partial charge on any atom is -0.508 e. The quantitative estimate of drug-likeness (QED) is 0.156. The Kier molecular flexibility index (Phi) is 11.1. The largest absolute Gasteiger partial charge is 0.508 e. The molecule has 3 atom stereocenters. The minimum atomic E-state index is -0.936. The molecule has 2 saturated heterocycles. The maximum atomic E-state index is 16.3. The lowest BCUT2D eigenvalue weighted by atomic mass is 9.69. The summed E-state index contributed by atoms with van der Waals surface area (Å²) in [5, 5.41) is 31.7. The molecular weight excluding hydrogens is 829 g/mol. The Morgan fingerprint density at radius 1 is 0.844 bits per heavy atom. The van der Waals surface area contributed by atoms with Gasteiger partial charge in [-0.25, -0.2) is 8.78 Å². The number of ether oxygens (including phenoxy) is 1.